The number of carbonyl (C=O) groups excluding carboxylic acids is 1. The molecule has 0 radical (unpaired) electrons. The van der Waals surface area contributed by atoms with Gasteiger partial charge < -0.3 is 4.90 Å². The summed E-state index contributed by atoms with van der Waals surface area (Å²) in [6, 6.07) is 8.86. The van der Waals surface area contributed by atoms with Gasteiger partial charge >= 0.3 is 0 Å². The molecule has 34 heavy (non-hydrogen) atoms. The van der Waals surface area contributed by atoms with E-state index in [1.165, 1.54) is 23.5 Å². The normalized spacial score (nSPS) is 11.9. The van der Waals surface area contributed by atoms with Crippen LogP contribution in [0.15, 0.2) is 41.3 Å². The molecule has 0 spiro atoms. The van der Waals surface area contributed by atoms with E-state index in [1.807, 2.05) is 19.9 Å². The van der Waals surface area contributed by atoms with E-state index in [2.05, 4.69) is 24.8 Å². The first-order chi connectivity index (χ1) is 16.2. The van der Waals surface area contributed by atoms with Gasteiger partial charge in [-0.2, -0.15) is 0 Å². The third-order valence-corrected chi connectivity index (χ3v) is 8.98. The molecule has 3 rings (SSSR count). The zero-order chi connectivity index (χ0) is 24.9. The van der Waals surface area contributed by atoms with Crippen molar-refractivity contribution >= 4 is 42.4 Å². The number of fused-ring (bicyclic) bond motifs is 1. The largest absolute Gasteiger partial charge is 0.302 e. The van der Waals surface area contributed by atoms with Crippen molar-refractivity contribution in [2.24, 2.45) is 0 Å². The molecule has 1 amide bonds. The summed E-state index contributed by atoms with van der Waals surface area (Å²) < 4.78 is 39.3. The summed E-state index contributed by atoms with van der Waals surface area (Å²) in [6.07, 6.45) is 0.274. The summed E-state index contributed by atoms with van der Waals surface area (Å²) in [4.78, 5) is 22.0. The SMILES string of the molecule is CCN(CC)CCN(C(=O)CCCS(=O)(=O)c1ccc(F)cc1)c1nc2c(C)c(C)ccc2s1. The van der Waals surface area contributed by atoms with Crippen molar-refractivity contribution in [3.8, 4) is 0 Å². The van der Waals surface area contributed by atoms with E-state index in [1.54, 1.807) is 4.90 Å². The van der Waals surface area contributed by atoms with Crippen LogP contribution in [-0.4, -0.2) is 56.1 Å². The van der Waals surface area contributed by atoms with Gasteiger partial charge in [0.1, 0.15) is 5.82 Å². The molecule has 0 saturated carbocycles. The van der Waals surface area contributed by atoms with Crippen LogP contribution in [0.2, 0.25) is 0 Å². The molecule has 0 N–H and O–H groups in total. The van der Waals surface area contributed by atoms with Gasteiger partial charge in [-0.3, -0.25) is 9.69 Å². The second-order valence-electron chi connectivity index (χ2n) is 8.30. The van der Waals surface area contributed by atoms with E-state index in [4.69, 9.17) is 4.98 Å². The molecule has 0 aliphatic heterocycles. The number of benzene rings is 2. The summed E-state index contributed by atoms with van der Waals surface area (Å²) in [6.45, 7) is 11.2. The number of rotatable bonds is 11. The smallest absolute Gasteiger partial charge is 0.228 e. The molecule has 1 heterocycles. The number of amides is 1. The van der Waals surface area contributed by atoms with Crippen LogP contribution in [0.3, 0.4) is 0 Å². The van der Waals surface area contributed by atoms with E-state index in [0.717, 1.165) is 46.6 Å². The molecule has 3 aromatic rings. The molecule has 0 fully saturated rings. The van der Waals surface area contributed by atoms with E-state index in [9.17, 15) is 17.6 Å². The summed E-state index contributed by atoms with van der Waals surface area (Å²) in [5, 5.41) is 0.641. The van der Waals surface area contributed by atoms with E-state index in [0.29, 0.717) is 18.2 Å². The van der Waals surface area contributed by atoms with E-state index in [-0.39, 0.29) is 29.4 Å². The molecule has 0 aliphatic rings. The van der Waals surface area contributed by atoms with Gasteiger partial charge in [0.15, 0.2) is 15.0 Å². The molecule has 0 saturated heterocycles. The Bertz CT molecular complexity index is 1240. The minimum Gasteiger partial charge on any atom is -0.302 e. The number of nitrogens with zero attached hydrogens (tertiary/aromatic N) is 3. The van der Waals surface area contributed by atoms with Crippen LogP contribution in [0, 0.1) is 19.7 Å². The van der Waals surface area contributed by atoms with Crippen LogP contribution in [0.1, 0.15) is 37.8 Å². The highest BCUT2D eigenvalue weighted by molar-refractivity contribution is 7.91. The van der Waals surface area contributed by atoms with Gasteiger partial charge in [-0.05, 0) is 74.8 Å². The molecular weight excluding hydrogens is 473 g/mol. The third kappa shape index (κ3) is 6.20. The Labute approximate surface area is 205 Å². The Hall–Kier alpha value is -2.36. The maximum atomic E-state index is 13.3. The Morgan fingerprint density at radius 3 is 2.35 bits per heavy atom. The first kappa shape index (κ1) is 26.2. The summed E-state index contributed by atoms with van der Waals surface area (Å²) >= 11 is 1.48. The minimum atomic E-state index is -3.59. The number of sulfone groups is 1. The van der Waals surface area contributed by atoms with Gasteiger partial charge in [0.25, 0.3) is 0 Å². The summed E-state index contributed by atoms with van der Waals surface area (Å²) in [5.41, 5.74) is 3.15. The summed E-state index contributed by atoms with van der Waals surface area (Å²) in [7, 11) is -3.59. The zero-order valence-corrected chi connectivity index (χ0v) is 21.8. The Morgan fingerprint density at radius 2 is 1.71 bits per heavy atom. The molecule has 2 aromatic carbocycles. The number of hydrogen-bond donors (Lipinski definition) is 0. The first-order valence-corrected chi connectivity index (χ1v) is 14.0. The van der Waals surface area contributed by atoms with Crippen molar-refractivity contribution in [2.45, 2.75) is 45.4 Å². The van der Waals surface area contributed by atoms with Crippen molar-refractivity contribution in [3.63, 3.8) is 0 Å². The first-order valence-electron chi connectivity index (χ1n) is 11.5. The number of hydrogen-bond acceptors (Lipinski definition) is 6. The molecule has 0 aliphatic carbocycles. The molecule has 0 bridgehead atoms. The van der Waals surface area contributed by atoms with E-state index < -0.39 is 15.7 Å². The fraction of sp³-hybridized carbons (Fsp3) is 0.440. The van der Waals surface area contributed by atoms with Crippen LogP contribution in [0.4, 0.5) is 9.52 Å². The number of thiazole rings is 1. The van der Waals surface area contributed by atoms with Gasteiger partial charge in [0.05, 0.1) is 20.9 Å². The lowest BCUT2D eigenvalue weighted by atomic mass is 10.1. The lowest BCUT2D eigenvalue weighted by molar-refractivity contribution is -0.118. The topological polar surface area (TPSA) is 70.6 Å². The number of likely N-dealkylation sites (N-methyl/N-ethyl adjacent to an activating group) is 1. The fourth-order valence-electron chi connectivity index (χ4n) is 3.75. The molecule has 0 unspecified atom stereocenters. The zero-order valence-electron chi connectivity index (χ0n) is 20.2. The fourth-order valence-corrected chi connectivity index (χ4v) is 6.13. The van der Waals surface area contributed by atoms with Crippen molar-refractivity contribution in [1.82, 2.24) is 9.88 Å². The average molecular weight is 506 g/mol. The van der Waals surface area contributed by atoms with Gasteiger partial charge in [-0.15, -0.1) is 0 Å². The highest BCUT2D eigenvalue weighted by Crippen LogP contribution is 2.32. The Kier molecular flexibility index (Phi) is 8.78. The number of carbonyl (C=O) groups is 1. The van der Waals surface area contributed by atoms with Gasteiger partial charge in [0.2, 0.25) is 5.91 Å². The van der Waals surface area contributed by atoms with Gasteiger partial charge in [0, 0.05) is 19.5 Å². The monoisotopic (exact) mass is 505 g/mol. The number of anilines is 1. The number of aromatic nitrogens is 1. The third-order valence-electron chi connectivity index (χ3n) is 6.12. The van der Waals surface area contributed by atoms with Crippen LogP contribution in [-0.2, 0) is 14.6 Å². The predicted octanol–water partition coefficient (Wildman–Crippen LogP) is 4.98. The van der Waals surface area contributed by atoms with Crippen molar-refractivity contribution in [3.05, 3.63) is 53.3 Å². The van der Waals surface area contributed by atoms with Crippen LogP contribution >= 0.6 is 11.3 Å². The standard InChI is InChI=1S/C25H32FN3O3S2/c1-5-28(6-2)15-16-29(25-27-24-19(4)18(3)9-14-22(24)33-25)23(30)8-7-17-34(31,32)21-12-10-20(26)11-13-21/h9-14H,5-8,15-17H2,1-4H3. The molecule has 0 atom stereocenters. The Balaban J connectivity index is 1.77. The lowest BCUT2D eigenvalue weighted by Gasteiger charge is -2.24. The van der Waals surface area contributed by atoms with Gasteiger partial charge in [-0.25, -0.2) is 17.8 Å². The lowest BCUT2D eigenvalue weighted by Crippen LogP contribution is -2.38. The molecule has 9 heteroatoms. The maximum Gasteiger partial charge on any atom is 0.228 e. The minimum absolute atomic E-state index is 0.0664. The highest BCUT2D eigenvalue weighted by Gasteiger charge is 2.22. The van der Waals surface area contributed by atoms with Crippen LogP contribution in [0.5, 0.6) is 0 Å². The molecule has 1 aromatic heterocycles. The highest BCUT2D eigenvalue weighted by atomic mass is 32.2. The molecular formula is C25H32FN3O3S2. The quantitative estimate of drug-likeness (QED) is 0.344. The Morgan fingerprint density at radius 1 is 1.03 bits per heavy atom. The van der Waals surface area contributed by atoms with Crippen molar-refractivity contribution in [1.29, 1.82) is 0 Å². The second kappa shape index (κ2) is 11.4. The van der Waals surface area contributed by atoms with Crippen LogP contribution < -0.4 is 4.90 Å². The van der Waals surface area contributed by atoms with Crippen molar-refractivity contribution in [2.75, 3.05) is 36.8 Å². The maximum absolute atomic E-state index is 13.3. The van der Waals surface area contributed by atoms with E-state index >= 15 is 0 Å². The summed E-state index contributed by atoms with van der Waals surface area (Å²) in [5.74, 6) is -0.805. The average Bonchev–Trinajstić information content (AvgIpc) is 3.24. The van der Waals surface area contributed by atoms with Crippen molar-refractivity contribution < 1.29 is 17.6 Å². The van der Waals surface area contributed by atoms with Gasteiger partial charge in [-0.1, -0.05) is 31.3 Å². The van der Waals surface area contributed by atoms with Crippen LogP contribution in [0.25, 0.3) is 10.2 Å². The number of aryl methyl sites for hydroxylation is 2. The number of halogens is 1. The second-order valence-corrected chi connectivity index (χ2v) is 11.4. The molecule has 184 valence electrons. The predicted molar refractivity (Wildman–Crippen MR) is 137 cm³/mol. The molecule has 6 nitrogen and oxygen atoms in total.